The molecule has 1 aliphatic rings. The lowest BCUT2D eigenvalue weighted by Gasteiger charge is -2.16. The van der Waals surface area contributed by atoms with Crippen molar-refractivity contribution in [2.45, 2.75) is 32.8 Å². The van der Waals surface area contributed by atoms with Crippen LogP contribution in [0.3, 0.4) is 0 Å². The van der Waals surface area contributed by atoms with E-state index in [1.807, 2.05) is 35.7 Å². The number of esters is 1. The topological polar surface area (TPSA) is 48.4 Å². The first kappa shape index (κ1) is 18.2. The number of thiophene rings is 1. The van der Waals surface area contributed by atoms with E-state index in [0.29, 0.717) is 10.8 Å². The number of carbonyl (C=O) groups excluding carboxylic acids is 1. The molecule has 0 fully saturated rings. The van der Waals surface area contributed by atoms with Crippen molar-refractivity contribution in [1.82, 2.24) is 4.98 Å². The second-order valence-corrected chi connectivity index (χ2v) is 8.85. The molecule has 1 aromatic carbocycles. The summed E-state index contributed by atoms with van der Waals surface area (Å²) in [4.78, 5) is 19.0. The molecular formula is C21H21NO3S2. The Morgan fingerprint density at radius 2 is 2.11 bits per heavy atom. The van der Waals surface area contributed by atoms with Crippen molar-refractivity contribution in [2.24, 2.45) is 5.92 Å². The van der Waals surface area contributed by atoms with E-state index >= 15 is 0 Å². The summed E-state index contributed by atoms with van der Waals surface area (Å²) in [5, 5.41) is 2.85. The highest BCUT2D eigenvalue weighted by molar-refractivity contribution is 7.14. The fourth-order valence-corrected chi connectivity index (χ4v) is 5.17. The summed E-state index contributed by atoms with van der Waals surface area (Å²) >= 11 is 3.13. The molecule has 0 aliphatic heterocycles. The van der Waals surface area contributed by atoms with Crippen molar-refractivity contribution in [3.05, 3.63) is 56.7 Å². The zero-order chi connectivity index (χ0) is 18.8. The van der Waals surface area contributed by atoms with Crippen LogP contribution in [0.5, 0.6) is 5.75 Å². The third-order valence-electron chi connectivity index (χ3n) is 4.77. The fraction of sp³-hybridized carbons (Fsp3) is 0.333. The molecule has 0 spiro atoms. The van der Waals surface area contributed by atoms with Gasteiger partial charge in [0, 0.05) is 15.8 Å². The van der Waals surface area contributed by atoms with E-state index in [4.69, 9.17) is 9.47 Å². The van der Waals surface area contributed by atoms with Gasteiger partial charge in [-0.2, -0.15) is 0 Å². The Hall–Kier alpha value is -2.18. The third kappa shape index (κ3) is 4.06. The molecule has 4 rings (SSSR count). The molecule has 0 saturated carbocycles. The summed E-state index contributed by atoms with van der Waals surface area (Å²) in [6.07, 6.45) is 3.34. The highest BCUT2D eigenvalue weighted by atomic mass is 32.1. The van der Waals surface area contributed by atoms with Crippen LogP contribution in [-0.2, 0) is 24.2 Å². The molecule has 0 saturated heterocycles. The average Bonchev–Trinajstić information content (AvgIpc) is 3.33. The normalized spacial score (nSPS) is 16.0. The Kier molecular flexibility index (Phi) is 5.27. The number of aryl methyl sites for hydroxylation is 1. The molecule has 1 aliphatic carbocycles. The maximum atomic E-state index is 12.4. The Labute approximate surface area is 166 Å². The minimum Gasteiger partial charge on any atom is -0.497 e. The van der Waals surface area contributed by atoms with E-state index in [0.717, 1.165) is 34.9 Å². The second kappa shape index (κ2) is 7.82. The van der Waals surface area contributed by atoms with E-state index < -0.39 is 0 Å². The van der Waals surface area contributed by atoms with Gasteiger partial charge in [-0.25, -0.2) is 9.78 Å². The number of thiazole rings is 1. The summed E-state index contributed by atoms with van der Waals surface area (Å²) < 4.78 is 10.7. The SMILES string of the molecule is COc1ccc(-c2nc(COC(=O)c3cc4c(s3)CC[C@H](C)C4)cs2)cc1. The van der Waals surface area contributed by atoms with Crippen LogP contribution < -0.4 is 4.74 Å². The van der Waals surface area contributed by atoms with Crippen molar-refractivity contribution in [2.75, 3.05) is 7.11 Å². The monoisotopic (exact) mass is 399 g/mol. The number of methoxy groups -OCH3 is 1. The Morgan fingerprint density at radius 1 is 1.30 bits per heavy atom. The lowest BCUT2D eigenvalue weighted by Crippen LogP contribution is -2.08. The van der Waals surface area contributed by atoms with E-state index in [-0.39, 0.29) is 12.6 Å². The highest BCUT2D eigenvalue weighted by Gasteiger charge is 2.21. The molecule has 0 N–H and O–H groups in total. The van der Waals surface area contributed by atoms with Gasteiger partial charge in [0.2, 0.25) is 0 Å². The first-order valence-corrected chi connectivity index (χ1v) is 10.7. The molecule has 0 bridgehead atoms. The van der Waals surface area contributed by atoms with Crippen molar-refractivity contribution in [3.8, 4) is 16.3 Å². The van der Waals surface area contributed by atoms with Crippen molar-refractivity contribution < 1.29 is 14.3 Å². The molecule has 0 amide bonds. The number of nitrogens with zero attached hydrogens (tertiary/aromatic N) is 1. The van der Waals surface area contributed by atoms with Gasteiger partial charge < -0.3 is 9.47 Å². The van der Waals surface area contributed by atoms with Gasteiger partial charge in [-0.3, -0.25) is 0 Å². The standard InChI is InChI=1S/C21H21NO3S2/c1-13-3-8-18-15(9-13)10-19(27-18)21(23)25-11-16-12-26-20(22-16)14-4-6-17(24-2)7-5-14/h4-7,10,12-13H,3,8-9,11H2,1-2H3/t13-/m0/s1. The average molecular weight is 400 g/mol. The van der Waals surface area contributed by atoms with Crippen LogP contribution in [-0.4, -0.2) is 18.1 Å². The minimum atomic E-state index is -0.249. The molecule has 2 heterocycles. The van der Waals surface area contributed by atoms with E-state index in [1.165, 1.54) is 16.9 Å². The van der Waals surface area contributed by atoms with Gasteiger partial charge >= 0.3 is 5.97 Å². The van der Waals surface area contributed by atoms with Gasteiger partial charge in [-0.1, -0.05) is 6.92 Å². The van der Waals surface area contributed by atoms with Gasteiger partial charge in [-0.05, 0) is 61.1 Å². The maximum absolute atomic E-state index is 12.4. The Morgan fingerprint density at radius 3 is 2.89 bits per heavy atom. The molecule has 140 valence electrons. The van der Waals surface area contributed by atoms with Crippen LogP contribution >= 0.6 is 22.7 Å². The summed E-state index contributed by atoms with van der Waals surface area (Å²) in [7, 11) is 1.65. The Bertz CT molecular complexity index is 943. The summed E-state index contributed by atoms with van der Waals surface area (Å²) in [6.45, 7) is 2.46. The highest BCUT2D eigenvalue weighted by Crippen LogP contribution is 2.32. The zero-order valence-corrected chi connectivity index (χ0v) is 17.0. The molecule has 4 nitrogen and oxygen atoms in total. The number of ether oxygens (including phenoxy) is 2. The molecule has 2 aromatic heterocycles. The van der Waals surface area contributed by atoms with Crippen LogP contribution in [0.2, 0.25) is 0 Å². The quantitative estimate of drug-likeness (QED) is 0.542. The molecule has 3 aromatic rings. The number of rotatable bonds is 5. The van der Waals surface area contributed by atoms with Gasteiger partial charge in [0.05, 0.1) is 12.8 Å². The lowest BCUT2D eigenvalue weighted by atomic mass is 9.90. The van der Waals surface area contributed by atoms with Crippen LogP contribution in [0.4, 0.5) is 0 Å². The van der Waals surface area contributed by atoms with Crippen LogP contribution in [0, 0.1) is 5.92 Å². The van der Waals surface area contributed by atoms with Gasteiger partial charge in [0.15, 0.2) is 0 Å². The number of carbonyl (C=O) groups is 1. The second-order valence-electron chi connectivity index (χ2n) is 6.86. The van der Waals surface area contributed by atoms with E-state index in [2.05, 4.69) is 11.9 Å². The smallest absolute Gasteiger partial charge is 0.348 e. The first-order valence-electron chi connectivity index (χ1n) is 9.00. The van der Waals surface area contributed by atoms with Crippen molar-refractivity contribution in [1.29, 1.82) is 0 Å². The van der Waals surface area contributed by atoms with Crippen molar-refractivity contribution in [3.63, 3.8) is 0 Å². The number of fused-ring (bicyclic) bond motifs is 1. The van der Waals surface area contributed by atoms with E-state index in [9.17, 15) is 4.79 Å². The number of hydrogen-bond donors (Lipinski definition) is 0. The largest absolute Gasteiger partial charge is 0.497 e. The van der Waals surface area contributed by atoms with E-state index in [1.54, 1.807) is 29.8 Å². The molecular weight excluding hydrogens is 378 g/mol. The van der Waals surface area contributed by atoms with Gasteiger partial charge in [0.25, 0.3) is 0 Å². The van der Waals surface area contributed by atoms with Crippen LogP contribution in [0.15, 0.2) is 35.7 Å². The first-order chi connectivity index (χ1) is 13.1. The molecule has 1 atom stereocenters. The predicted molar refractivity (Wildman–Crippen MR) is 109 cm³/mol. The molecule has 27 heavy (non-hydrogen) atoms. The summed E-state index contributed by atoms with van der Waals surface area (Å²) in [5.74, 6) is 1.26. The fourth-order valence-electron chi connectivity index (χ4n) is 3.26. The zero-order valence-electron chi connectivity index (χ0n) is 15.4. The Balaban J connectivity index is 1.39. The summed E-state index contributed by atoms with van der Waals surface area (Å²) in [6, 6.07) is 9.79. The van der Waals surface area contributed by atoms with Crippen LogP contribution in [0.25, 0.3) is 10.6 Å². The molecule has 6 heteroatoms. The van der Waals surface area contributed by atoms with Crippen LogP contribution in [0.1, 0.15) is 39.2 Å². The number of benzene rings is 1. The number of hydrogen-bond acceptors (Lipinski definition) is 6. The summed E-state index contributed by atoms with van der Waals surface area (Å²) in [5.41, 5.74) is 3.12. The van der Waals surface area contributed by atoms with Gasteiger partial charge in [-0.15, -0.1) is 22.7 Å². The van der Waals surface area contributed by atoms with Crippen molar-refractivity contribution >= 4 is 28.6 Å². The van der Waals surface area contributed by atoms with Gasteiger partial charge in [0.1, 0.15) is 22.2 Å². The third-order valence-corrected chi connectivity index (χ3v) is 6.93. The number of aromatic nitrogens is 1. The molecule has 0 unspecified atom stereocenters. The molecule has 0 radical (unpaired) electrons. The lowest BCUT2D eigenvalue weighted by molar-refractivity contribution is 0.0474. The minimum absolute atomic E-state index is 0.199. The maximum Gasteiger partial charge on any atom is 0.348 e. The predicted octanol–water partition coefficient (Wildman–Crippen LogP) is 5.36.